The smallest absolute Gasteiger partial charge is 0.317 e. The summed E-state index contributed by atoms with van der Waals surface area (Å²) in [6.07, 6.45) is 1.85. The monoisotopic (exact) mass is 276 g/mol. The zero-order valence-electron chi connectivity index (χ0n) is 12.4. The average molecular weight is 276 g/mol. The van der Waals surface area contributed by atoms with Gasteiger partial charge in [0, 0.05) is 0 Å². The second kappa shape index (κ2) is 6.23. The molecule has 0 radical (unpaired) electrons. The first-order valence-electron chi connectivity index (χ1n) is 6.92. The fourth-order valence-electron chi connectivity index (χ4n) is 2.53. The summed E-state index contributed by atoms with van der Waals surface area (Å²) >= 11 is 0. The SMILES string of the molecule is [Li+].[c-]1c(-c2ccccc2)cccc1-n1cnc2ccccc21. The zero-order valence-corrected chi connectivity index (χ0v) is 12.4. The molecule has 0 N–H and O–H groups in total. The summed E-state index contributed by atoms with van der Waals surface area (Å²) in [6, 6.07) is 28.1. The number of benzene rings is 3. The van der Waals surface area contributed by atoms with Crippen LogP contribution in [0.15, 0.2) is 79.1 Å². The minimum atomic E-state index is 0. The Morgan fingerprint density at radius 3 is 2.41 bits per heavy atom. The Hall–Kier alpha value is -2.27. The molecule has 2 nitrogen and oxygen atoms in total. The molecule has 4 aromatic rings. The van der Waals surface area contributed by atoms with Crippen molar-refractivity contribution in [2.24, 2.45) is 0 Å². The van der Waals surface area contributed by atoms with Crippen LogP contribution >= 0.6 is 0 Å². The fourth-order valence-corrected chi connectivity index (χ4v) is 2.53. The van der Waals surface area contributed by atoms with Gasteiger partial charge in [-0.05, 0) is 17.8 Å². The number of hydrogen-bond donors (Lipinski definition) is 0. The van der Waals surface area contributed by atoms with Crippen LogP contribution in [0.25, 0.3) is 27.8 Å². The van der Waals surface area contributed by atoms with Gasteiger partial charge in [0.15, 0.2) is 0 Å². The van der Waals surface area contributed by atoms with Crippen molar-refractivity contribution in [3.05, 3.63) is 85.2 Å². The molecule has 0 atom stereocenters. The van der Waals surface area contributed by atoms with E-state index in [4.69, 9.17) is 0 Å². The maximum atomic E-state index is 4.44. The molecule has 100 valence electrons. The molecular weight excluding hydrogens is 263 g/mol. The molecule has 0 aliphatic rings. The van der Waals surface area contributed by atoms with Crippen LogP contribution in [0.5, 0.6) is 0 Å². The maximum absolute atomic E-state index is 4.44. The standard InChI is InChI=1S/C19H13N2.Li/c1-2-7-15(8-3-1)16-9-6-10-17(13-16)21-14-20-18-11-4-5-12-19(18)21;/h1-12,14H;/q-1;+1. The van der Waals surface area contributed by atoms with Crippen LogP contribution in [-0.4, -0.2) is 9.55 Å². The van der Waals surface area contributed by atoms with Crippen molar-refractivity contribution in [1.82, 2.24) is 9.55 Å². The predicted molar refractivity (Wildman–Crippen MR) is 85.3 cm³/mol. The average Bonchev–Trinajstić information content (AvgIpc) is 3.00. The van der Waals surface area contributed by atoms with E-state index in [0.717, 1.165) is 22.3 Å². The number of hydrogen-bond acceptors (Lipinski definition) is 1. The third-order valence-corrected chi connectivity index (χ3v) is 3.58. The molecule has 0 amide bonds. The van der Waals surface area contributed by atoms with Gasteiger partial charge in [0.05, 0.1) is 17.4 Å². The van der Waals surface area contributed by atoms with E-state index >= 15 is 0 Å². The summed E-state index contributed by atoms with van der Waals surface area (Å²) in [4.78, 5) is 4.44. The number of rotatable bonds is 2. The van der Waals surface area contributed by atoms with Gasteiger partial charge in [0.25, 0.3) is 0 Å². The zero-order chi connectivity index (χ0) is 14.1. The van der Waals surface area contributed by atoms with Gasteiger partial charge in [-0.25, -0.2) is 4.98 Å². The molecule has 0 unspecified atom stereocenters. The summed E-state index contributed by atoms with van der Waals surface area (Å²) in [5, 5.41) is 0. The van der Waals surface area contributed by atoms with E-state index in [1.54, 1.807) is 0 Å². The van der Waals surface area contributed by atoms with Gasteiger partial charge in [-0.1, -0.05) is 48.0 Å². The molecular formula is C19H13LiN2. The van der Waals surface area contributed by atoms with Crippen molar-refractivity contribution in [2.45, 2.75) is 0 Å². The van der Waals surface area contributed by atoms with Crippen LogP contribution in [0.4, 0.5) is 0 Å². The van der Waals surface area contributed by atoms with Crippen molar-refractivity contribution in [2.75, 3.05) is 0 Å². The van der Waals surface area contributed by atoms with E-state index in [2.05, 4.69) is 52.0 Å². The van der Waals surface area contributed by atoms with Crippen LogP contribution in [0.2, 0.25) is 0 Å². The fraction of sp³-hybridized carbons (Fsp3) is 0. The van der Waals surface area contributed by atoms with Crippen molar-refractivity contribution >= 4 is 11.0 Å². The van der Waals surface area contributed by atoms with Crippen LogP contribution in [0, 0.1) is 6.07 Å². The first-order valence-corrected chi connectivity index (χ1v) is 6.92. The van der Waals surface area contributed by atoms with Crippen LogP contribution in [-0.2, 0) is 0 Å². The quantitative estimate of drug-likeness (QED) is 0.401. The largest absolute Gasteiger partial charge is 1.00 e. The van der Waals surface area contributed by atoms with E-state index in [1.165, 1.54) is 5.56 Å². The van der Waals surface area contributed by atoms with E-state index in [9.17, 15) is 0 Å². The van der Waals surface area contributed by atoms with Gasteiger partial charge in [0.1, 0.15) is 0 Å². The minimum absolute atomic E-state index is 0. The molecule has 4 rings (SSSR count). The Labute approximate surface area is 141 Å². The second-order valence-electron chi connectivity index (χ2n) is 4.92. The summed E-state index contributed by atoms with van der Waals surface area (Å²) < 4.78 is 2.07. The van der Waals surface area contributed by atoms with Gasteiger partial charge in [-0.15, -0.1) is 29.8 Å². The Morgan fingerprint density at radius 2 is 1.55 bits per heavy atom. The molecule has 0 fully saturated rings. The van der Waals surface area contributed by atoms with Gasteiger partial charge in [-0.2, -0.15) is 0 Å². The molecule has 0 spiro atoms. The first kappa shape index (κ1) is 14.7. The Morgan fingerprint density at radius 1 is 0.773 bits per heavy atom. The van der Waals surface area contributed by atoms with Crippen molar-refractivity contribution in [1.29, 1.82) is 0 Å². The molecule has 3 heteroatoms. The number of nitrogens with zero attached hydrogens (tertiary/aromatic N) is 2. The van der Waals surface area contributed by atoms with E-state index in [1.807, 2.05) is 42.7 Å². The minimum Gasteiger partial charge on any atom is -0.317 e. The molecule has 3 aromatic carbocycles. The summed E-state index contributed by atoms with van der Waals surface area (Å²) in [5.41, 5.74) is 5.36. The summed E-state index contributed by atoms with van der Waals surface area (Å²) in [7, 11) is 0. The maximum Gasteiger partial charge on any atom is 1.00 e. The van der Waals surface area contributed by atoms with Crippen molar-refractivity contribution < 1.29 is 18.9 Å². The molecule has 0 saturated heterocycles. The molecule has 0 bridgehead atoms. The Kier molecular flexibility index (Phi) is 4.15. The van der Waals surface area contributed by atoms with Crippen molar-refractivity contribution in [3.8, 4) is 16.8 Å². The van der Waals surface area contributed by atoms with Crippen molar-refractivity contribution in [3.63, 3.8) is 0 Å². The van der Waals surface area contributed by atoms with Gasteiger partial charge >= 0.3 is 18.9 Å². The van der Waals surface area contributed by atoms with E-state index in [-0.39, 0.29) is 18.9 Å². The Balaban J connectivity index is 0.00000144. The molecule has 1 heterocycles. The van der Waals surface area contributed by atoms with Gasteiger partial charge in [-0.3, -0.25) is 0 Å². The normalized spacial score (nSPS) is 10.4. The number of aromatic nitrogens is 2. The summed E-state index contributed by atoms with van der Waals surface area (Å²) in [6.45, 7) is 0. The third kappa shape index (κ3) is 2.59. The van der Waals surface area contributed by atoms with E-state index in [0.29, 0.717) is 0 Å². The van der Waals surface area contributed by atoms with Crippen LogP contribution < -0.4 is 18.9 Å². The number of para-hydroxylation sites is 2. The van der Waals surface area contributed by atoms with E-state index < -0.39 is 0 Å². The molecule has 0 saturated carbocycles. The Bertz CT molecular complexity index is 897. The summed E-state index contributed by atoms with van der Waals surface area (Å²) in [5.74, 6) is 0. The molecule has 0 aliphatic carbocycles. The molecule has 0 aliphatic heterocycles. The molecule has 1 aromatic heterocycles. The first-order chi connectivity index (χ1) is 10.4. The third-order valence-electron chi connectivity index (χ3n) is 3.58. The van der Waals surface area contributed by atoms with Crippen LogP contribution in [0.3, 0.4) is 0 Å². The van der Waals surface area contributed by atoms with Gasteiger partial charge in [0.2, 0.25) is 0 Å². The van der Waals surface area contributed by atoms with Gasteiger partial charge < -0.3 is 4.57 Å². The number of imidazole rings is 1. The second-order valence-corrected chi connectivity index (χ2v) is 4.92. The topological polar surface area (TPSA) is 17.8 Å². The molecule has 22 heavy (non-hydrogen) atoms. The predicted octanol–water partition coefficient (Wildman–Crippen LogP) is 1.50. The van der Waals surface area contributed by atoms with Crippen LogP contribution in [0.1, 0.15) is 0 Å². The number of fused-ring (bicyclic) bond motifs is 1.